The number of esters is 2. The average Bonchev–Trinajstić information content (AvgIpc) is 3.35. The van der Waals surface area contributed by atoms with E-state index in [0.717, 1.165) is 64.2 Å². The Morgan fingerprint density at radius 2 is 0.871 bits per heavy atom. The molecule has 2 rings (SSSR count). The van der Waals surface area contributed by atoms with E-state index in [1.165, 1.54) is 70.6 Å². The van der Waals surface area contributed by atoms with E-state index in [-0.39, 0.29) is 19.4 Å². The monoisotopic (exact) mass is 995 g/mol. The SMILES string of the molecule is CCCCCC/C=C/CCCCCCCC(=O)OC[C@H](CO[C@H]1O[C@@H](CO[C@H]2O[C@@H](CO)[C@@H](O)C(O)C2O)[C@@H](O)C(O)C1O)OC(=O)CCC/C=C/C/C=C/C/C=C/C/C=C/CCCCCCCCC. The third-order valence-corrected chi connectivity index (χ3v) is 12.5. The van der Waals surface area contributed by atoms with Crippen LogP contribution in [0, 0.1) is 0 Å². The first-order chi connectivity index (χ1) is 34.0. The fraction of sp³-hybridized carbons (Fsp3) is 0.782. The Balaban J connectivity index is 1.82. The van der Waals surface area contributed by atoms with Crippen molar-refractivity contribution in [3.8, 4) is 0 Å². The van der Waals surface area contributed by atoms with Gasteiger partial charge in [0.05, 0.1) is 19.8 Å². The van der Waals surface area contributed by atoms with E-state index in [0.29, 0.717) is 19.3 Å². The Hall–Kier alpha value is -2.80. The molecular formula is C55H94O15. The van der Waals surface area contributed by atoms with Crippen molar-refractivity contribution in [2.45, 2.75) is 248 Å². The normalized spacial score (nSPS) is 25.8. The number of hydrogen-bond acceptors (Lipinski definition) is 15. The second-order valence-corrected chi connectivity index (χ2v) is 18.7. The Labute approximate surface area is 420 Å². The molecule has 0 spiro atoms. The quantitative estimate of drug-likeness (QED) is 0.0175. The van der Waals surface area contributed by atoms with Crippen LogP contribution < -0.4 is 0 Å². The lowest BCUT2D eigenvalue weighted by atomic mass is 9.98. The van der Waals surface area contributed by atoms with Crippen LogP contribution in [-0.2, 0) is 38.0 Å². The fourth-order valence-electron chi connectivity index (χ4n) is 8.03. The number of unbranched alkanes of at least 4 members (excludes halogenated alkanes) is 17. The summed E-state index contributed by atoms with van der Waals surface area (Å²) in [6.07, 6.45) is 31.1. The Morgan fingerprint density at radius 1 is 0.457 bits per heavy atom. The van der Waals surface area contributed by atoms with Gasteiger partial charge in [-0.15, -0.1) is 0 Å². The largest absolute Gasteiger partial charge is 0.462 e. The molecule has 70 heavy (non-hydrogen) atoms. The van der Waals surface area contributed by atoms with Crippen LogP contribution in [-0.4, -0.2) is 142 Å². The molecule has 2 heterocycles. The minimum atomic E-state index is -1.78. The van der Waals surface area contributed by atoms with Crippen molar-refractivity contribution >= 4 is 11.9 Å². The molecule has 0 bridgehead atoms. The Morgan fingerprint density at radius 3 is 1.41 bits per heavy atom. The van der Waals surface area contributed by atoms with Gasteiger partial charge in [-0.1, -0.05) is 152 Å². The maximum Gasteiger partial charge on any atom is 0.306 e. The summed E-state index contributed by atoms with van der Waals surface area (Å²) >= 11 is 0. The van der Waals surface area contributed by atoms with E-state index in [4.69, 9.17) is 28.4 Å². The van der Waals surface area contributed by atoms with Crippen LogP contribution in [0.2, 0.25) is 0 Å². The van der Waals surface area contributed by atoms with Gasteiger partial charge in [-0.3, -0.25) is 9.59 Å². The summed E-state index contributed by atoms with van der Waals surface area (Å²) in [6.45, 7) is 2.50. The van der Waals surface area contributed by atoms with Crippen molar-refractivity contribution in [1.29, 1.82) is 0 Å². The van der Waals surface area contributed by atoms with E-state index in [2.05, 4.69) is 62.5 Å². The first-order valence-corrected chi connectivity index (χ1v) is 26.9. The van der Waals surface area contributed by atoms with Gasteiger partial charge in [0.2, 0.25) is 0 Å². The van der Waals surface area contributed by atoms with Gasteiger partial charge >= 0.3 is 11.9 Å². The van der Waals surface area contributed by atoms with E-state index in [9.17, 15) is 45.3 Å². The fourth-order valence-corrected chi connectivity index (χ4v) is 8.03. The average molecular weight is 995 g/mol. The molecule has 404 valence electrons. The molecule has 15 heteroatoms. The number of carbonyl (C=O) groups excluding carboxylic acids is 2. The van der Waals surface area contributed by atoms with E-state index in [1.54, 1.807) is 0 Å². The molecular weight excluding hydrogens is 901 g/mol. The van der Waals surface area contributed by atoms with Crippen LogP contribution in [0.15, 0.2) is 60.8 Å². The van der Waals surface area contributed by atoms with Crippen LogP contribution in [0.4, 0.5) is 0 Å². The molecule has 0 aliphatic carbocycles. The van der Waals surface area contributed by atoms with Gasteiger partial charge in [-0.05, 0) is 77.0 Å². The zero-order valence-electron chi connectivity index (χ0n) is 42.7. The summed E-state index contributed by atoms with van der Waals surface area (Å²) < 4.78 is 33.5. The number of hydrogen-bond donors (Lipinski definition) is 7. The summed E-state index contributed by atoms with van der Waals surface area (Å²) in [6, 6.07) is 0. The molecule has 0 aromatic rings. The number of aliphatic hydroxyl groups excluding tert-OH is 7. The predicted molar refractivity (Wildman–Crippen MR) is 270 cm³/mol. The van der Waals surface area contributed by atoms with Gasteiger partial charge in [-0.2, -0.15) is 0 Å². The van der Waals surface area contributed by atoms with Crippen molar-refractivity contribution in [3.05, 3.63) is 60.8 Å². The molecule has 2 aliphatic heterocycles. The highest BCUT2D eigenvalue weighted by Gasteiger charge is 2.47. The smallest absolute Gasteiger partial charge is 0.306 e. The van der Waals surface area contributed by atoms with Gasteiger partial charge < -0.3 is 64.2 Å². The van der Waals surface area contributed by atoms with Crippen molar-refractivity contribution in [1.82, 2.24) is 0 Å². The van der Waals surface area contributed by atoms with Gasteiger partial charge in [0.1, 0.15) is 55.4 Å². The lowest BCUT2D eigenvalue weighted by Gasteiger charge is -2.42. The summed E-state index contributed by atoms with van der Waals surface area (Å²) in [5.41, 5.74) is 0. The molecule has 0 amide bonds. The molecule has 0 aromatic heterocycles. The molecule has 4 unspecified atom stereocenters. The van der Waals surface area contributed by atoms with Gasteiger partial charge in [0.25, 0.3) is 0 Å². The molecule has 0 radical (unpaired) electrons. The van der Waals surface area contributed by atoms with Gasteiger partial charge in [-0.25, -0.2) is 0 Å². The molecule has 7 N–H and O–H groups in total. The number of aliphatic hydroxyl groups is 7. The van der Waals surface area contributed by atoms with Crippen molar-refractivity contribution < 1.29 is 73.8 Å². The zero-order chi connectivity index (χ0) is 51.0. The molecule has 2 saturated heterocycles. The lowest BCUT2D eigenvalue weighted by Crippen LogP contribution is -2.61. The summed E-state index contributed by atoms with van der Waals surface area (Å²) in [5, 5.41) is 72.1. The highest BCUT2D eigenvalue weighted by Crippen LogP contribution is 2.26. The van der Waals surface area contributed by atoms with E-state index >= 15 is 0 Å². The van der Waals surface area contributed by atoms with E-state index < -0.39 is 99.3 Å². The summed E-state index contributed by atoms with van der Waals surface area (Å²) in [4.78, 5) is 25.8. The molecule has 0 aromatic carbocycles. The molecule has 15 nitrogen and oxygen atoms in total. The lowest BCUT2D eigenvalue weighted by molar-refractivity contribution is -0.332. The van der Waals surface area contributed by atoms with Crippen LogP contribution in [0.3, 0.4) is 0 Å². The van der Waals surface area contributed by atoms with E-state index in [1.807, 2.05) is 12.2 Å². The Kier molecular flexibility index (Phi) is 37.7. The number of ether oxygens (including phenoxy) is 6. The van der Waals surface area contributed by atoms with Crippen LogP contribution in [0.1, 0.15) is 181 Å². The van der Waals surface area contributed by atoms with Gasteiger partial charge in [0.15, 0.2) is 18.7 Å². The summed E-state index contributed by atoms with van der Waals surface area (Å²) in [7, 11) is 0. The first kappa shape index (κ1) is 63.3. The standard InChI is InChI=1S/C55H94O15/c1-3-5-7-9-11-13-15-17-18-19-20-21-22-23-24-26-28-30-32-34-36-38-47(58)68-43(40-65-46(57)37-35-33-31-29-27-25-16-14-12-10-8-6-4-2)41-66-54-53(64)51(62)49(60)45(70-54)42-67-55-52(63)50(61)48(59)44(39-56)69-55/h14,16,18-19,21-22,24,26,30,32,43-45,48-56,59-64H,3-13,15,17,20,23,25,27-29,31,33-42H2,1-2H3/b16-14+,19-18+,22-21+,26-24+,32-30+/t43-,44+,45+,48-,49-,50?,51?,52?,53?,54+,55+/m1/s1. The van der Waals surface area contributed by atoms with Crippen LogP contribution >= 0.6 is 0 Å². The maximum atomic E-state index is 13.0. The van der Waals surface area contributed by atoms with Crippen molar-refractivity contribution in [3.63, 3.8) is 0 Å². The molecule has 11 atom stereocenters. The Bertz CT molecular complexity index is 1450. The van der Waals surface area contributed by atoms with Crippen LogP contribution in [0.5, 0.6) is 0 Å². The van der Waals surface area contributed by atoms with Gasteiger partial charge in [0, 0.05) is 12.8 Å². The molecule has 2 aliphatic rings. The molecule has 0 saturated carbocycles. The van der Waals surface area contributed by atoms with Crippen molar-refractivity contribution in [2.75, 3.05) is 26.4 Å². The minimum absolute atomic E-state index is 0.0858. The number of rotatable bonds is 41. The topological polar surface area (TPSA) is 231 Å². The highest BCUT2D eigenvalue weighted by atomic mass is 16.7. The maximum absolute atomic E-state index is 13.0. The first-order valence-electron chi connectivity index (χ1n) is 26.9. The second kappa shape index (κ2) is 41.6. The predicted octanol–water partition coefficient (Wildman–Crippen LogP) is 8.05. The zero-order valence-corrected chi connectivity index (χ0v) is 42.7. The third kappa shape index (κ3) is 29.0. The second-order valence-electron chi connectivity index (χ2n) is 18.7. The summed E-state index contributed by atoms with van der Waals surface area (Å²) in [5.74, 6) is -1.00. The van der Waals surface area contributed by atoms with Crippen LogP contribution in [0.25, 0.3) is 0 Å². The minimum Gasteiger partial charge on any atom is -0.462 e. The third-order valence-electron chi connectivity index (χ3n) is 12.5. The van der Waals surface area contributed by atoms with Crippen molar-refractivity contribution in [2.24, 2.45) is 0 Å². The number of allylic oxidation sites excluding steroid dienone is 10. The number of carbonyl (C=O) groups is 2. The highest BCUT2D eigenvalue weighted by molar-refractivity contribution is 5.70. The molecule has 2 fully saturated rings.